The molecule has 0 bridgehead atoms. The molecule has 13 heavy (non-hydrogen) atoms. The fourth-order valence-electron chi connectivity index (χ4n) is 0.998. The lowest BCUT2D eigenvalue weighted by Crippen LogP contribution is -2.01. The number of imidazole rings is 1. The molecule has 2 aromatic rings. The number of aromatic nitrogens is 5. The van der Waals surface area contributed by atoms with Crippen LogP contribution in [0.2, 0.25) is 0 Å². The Labute approximate surface area is 74.5 Å². The molecular weight excluding hydrogens is 168 g/mol. The summed E-state index contributed by atoms with van der Waals surface area (Å²) in [4.78, 5) is 15.7. The summed E-state index contributed by atoms with van der Waals surface area (Å²) in [6.45, 7) is 0. The Hall–Kier alpha value is -1.98. The van der Waals surface area contributed by atoms with Crippen LogP contribution in [0.15, 0.2) is 18.7 Å². The molecule has 0 aliphatic carbocycles. The van der Waals surface area contributed by atoms with Gasteiger partial charge in [0, 0.05) is 19.4 Å². The Morgan fingerprint density at radius 3 is 2.77 bits per heavy atom. The molecule has 0 radical (unpaired) electrons. The summed E-state index contributed by atoms with van der Waals surface area (Å²) in [5.41, 5.74) is 5.42. The highest BCUT2D eigenvalue weighted by Gasteiger charge is 2.06. The van der Waals surface area contributed by atoms with Crippen LogP contribution in [0, 0.1) is 0 Å². The van der Waals surface area contributed by atoms with Gasteiger partial charge in [-0.1, -0.05) is 0 Å². The van der Waals surface area contributed by atoms with Gasteiger partial charge in [-0.05, 0) is 0 Å². The number of aryl methyl sites for hydroxylation is 1. The number of hydrogen-bond acceptors (Lipinski definition) is 5. The van der Waals surface area contributed by atoms with Gasteiger partial charge in [0.05, 0.1) is 0 Å². The van der Waals surface area contributed by atoms with E-state index in [9.17, 15) is 0 Å². The van der Waals surface area contributed by atoms with Crippen molar-refractivity contribution in [2.45, 2.75) is 0 Å². The number of hydrogen-bond donors (Lipinski definition) is 1. The minimum Gasteiger partial charge on any atom is -0.368 e. The summed E-state index contributed by atoms with van der Waals surface area (Å²) in [6, 6.07) is 0. The highest BCUT2D eigenvalue weighted by Crippen LogP contribution is 2.09. The van der Waals surface area contributed by atoms with Crippen molar-refractivity contribution in [2.75, 3.05) is 5.73 Å². The van der Waals surface area contributed by atoms with E-state index >= 15 is 0 Å². The molecule has 2 N–H and O–H groups in total. The third-order valence-electron chi connectivity index (χ3n) is 1.61. The van der Waals surface area contributed by atoms with Crippen molar-refractivity contribution < 1.29 is 0 Å². The summed E-state index contributed by atoms with van der Waals surface area (Å²) in [5, 5.41) is 0. The predicted molar refractivity (Wildman–Crippen MR) is 46.4 cm³/mol. The fourth-order valence-corrected chi connectivity index (χ4v) is 0.998. The number of nitrogens with two attached hydrogens (primary N) is 1. The Kier molecular flexibility index (Phi) is 1.66. The lowest BCUT2D eigenvalue weighted by atomic mass is 10.5. The zero-order chi connectivity index (χ0) is 9.26. The highest BCUT2D eigenvalue weighted by atomic mass is 15.1. The van der Waals surface area contributed by atoms with E-state index in [0.717, 1.165) is 0 Å². The molecule has 0 saturated heterocycles. The molecule has 0 atom stereocenters. The maximum Gasteiger partial charge on any atom is 0.223 e. The summed E-state index contributed by atoms with van der Waals surface area (Å²) in [5.74, 6) is 1.36. The molecule has 0 amide bonds. The first-order chi connectivity index (χ1) is 6.27. The van der Waals surface area contributed by atoms with Gasteiger partial charge in [-0.2, -0.15) is 4.98 Å². The van der Waals surface area contributed by atoms with E-state index in [1.165, 1.54) is 6.33 Å². The normalized spacial score (nSPS) is 10.2. The topological polar surface area (TPSA) is 82.5 Å². The molecule has 2 heterocycles. The molecule has 0 spiro atoms. The largest absolute Gasteiger partial charge is 0.368 e. The zero-order valence-electron chi connectivity index (χ0n) is 7.05. The van der Waals surface area contributed by atoms with Crippen LogP contribution >= 0.6 is 0 Å². The maximum absolute atomic E-state index is 5.42. The van der Waals surface area contributed by atoms with Gasteiger partial charge in [-0.3, -0.25) is 0 Å². The number of rotatable bonds is 1. The smallest absolute Gasteiger partial charge is 0.223 e. The van der Waals surface area contributed by atoms with Crippen LogP contribution in [0.5, 0.6) is 0 Å². The van der Waals surface area contributed by atoms with Gasteiger partial charge in [0.1, 0.15) is 6.33 Å². The van der Waals surface area contributed by atoms with Gasteiger partial charge < -0.3 is 10.3 Å². The quantitative estimate of drug-likeness (QED) is 0.653. The van der Waals surface area contributed by atoms with Crippen LogP contribution in [0.3, 0.4) is 0 Å². The van der Waals surface area contributed by atoms with Crippen molar-refractivity contribution in [1.82, 2.24) is 24.5 Å². The Bertz CT molecular complexity index is 420. The summed E-state index contributed by atoms with van der Waals surface area (Å²) in [6.07, 6.45) is 4.86. The summed E-state index contributed by atoms with van der Waals surface area (Å²) >= 11 is 0. The molecule has 2 rings (SSSR count). The first-order valence-electron chi connectivity index (χ1n) is 3.69. The molecule has 0 aliphatic rings. The first kappa shape index (κ1) is 7.66. The van der Waals surface area contributed by atoms with Crippen LogP contribution in [-0.4, -0.2) is 24.5 Å². The van der Waals surface area contributed by atoms with Crippen LogP contribution < -0.4 is 5.73 Å². The van der Waals surface area contributed by atoms with E-state index in [4.69, 9.17) is 5.73 Å². The van der Waals surface area contributed by atoms with E-state index in [-0.39, 0.29) is 5.95 Å². The molecule has 6 nitrogen and oxygen atoms in total. The monoisotopic (exact) mass is 176 g/mol. The van der Waals surface area contributed by atoms with Crippen molar-refractivity contribution >= 4 is 5.95 Å². The van der Waals surface area contributed by atoms with Crippen LogP contribution in [0.25, 0.3) is 11.6 Å². The van der Waals surface area contributed by atoms with Gasteiger partial charge >= 0.3 is 0 Å². The average molecular weight is 176 g/mol. The Morgan fingerprint density at radius 2 is 2.15 bits per heavy atom. The molecule has 0 saturated carbocycles. The third-order valence-corrected chi connectivity index (χ3v) is 1.61. The van der Waals surface area contributed by atoms with Crippen LogP contribution in [-0.2, 0) is 7.05 Å². The van der Waals surface area contributed by atoms with E-state index in [0.29, 0.717) is 11.6 Å². The highest BCUT2D eigenvalue weighted by molar-refractivity contribution is 5.44. The average Bonchev–Trinajstić information content (AvgIpc) is 2.51. The van der Waals surface area contributed by atoms with Crippen molar-refractivity contribution in [3.63, 3.8) is 0 Å². The van der Waals surface area contributed by atoms with Gasteiger partial charge in [-0.15, -0.1) is 0 Å². The molecule has 0 aliphatic heterocycles. The number of nitrogens with zero attached hydrogens (tertiary/aromatic N) is 5. The number of anilines is 1. The molecule has 66 valence electrons. The molecule has 0 aromatic carbocycles. The van der Waals surface area contributed by atoms with Crippen LogP contribution in [0.4, 0.5) is 5.95 Å². The Balaban J connectivity index is 2.53. The lowest BCUT2D eigenvalue weighted by molar-refractivity contribution is 0.900. The van der Waals surface area contributed by atoms with Crippen molar-refractivity contribution in [2.24, 2.45) is 7.05 Å². The van der Waals surface area contributed by atoms with E-state index < -0.39 is 0 Å². The van der Waals surface area contributed by atoms with Crippen molar-refractivity contribution in [1.29, 1.82) is 0 Å². The second kappa shape index (κ2) is 2.81. The van der Waals surface area contributed by atoms with Gasteiger partial charge in [0.15, 0.2) is 5.82 Å². The number of nitrogen functional groups attached to an aromatic ring is 1. The molecule has 2 aromatic heterocycles. The standard InChI is InChI=1S/C7H8N6/c1-13-3-2-9-6(13)5-10-4-11-7(8)12-5/h2-4H,1H3,(H2,8,10,11,12). The second-order valence-electron chi connectivity index (χ2n) is 2.53. The zero-order valence-corrected chi connectivity index (χ0v) is 7.05. The van der Waals surface area contributed by atoms with E-state index in [1.54, 1.807) is 6.20 Å². The second-order valence-corrected chi connectivity index (χ2v) is 2.53. The van der Waals surface area contributed by atoms with Gasteiger partial charge in [-0.25, -0.2) is 15.0 Å². The first-order valence-corrected chi connectivity index (χ1v) is 3.69. The molecule has 0 fully saturated rings. The molecule has 0 unspecified atom stereocenters. The predicted octanol–water partition coefficient (Wildman–Crippen LogP) is -0.146. The SMILES string of the molecule is Cn1ccnc1-c1ncnc(N)n1. The molecular formula is C7H8N6. The van der Waals surface area contributed by atoms with Gasteiger partial charge in [0.2, 0.25) is 11.8 Å². The lowest BCUT2D eigenvalue weighted by Gasteiger charge is -1.98. The van der Waals surface area contributed by atoms with Crippen molar-refractivity contribution in [3.05, 3.63) is 18.7 Å². The van der Waals surface area contributed by atoms with Crippen LogP contribution in [0.1, 0.15) is 0 Å². The van der Waals surface area contributed by atoms with Crippen molar-refractivity contribution in [3.8, 4) is 11.6 Å². The minimum absolute atomic E-state index is 0.202. The summed E-state index contributed by atoms with van der Waals surface area (Å²) < 4.78 is 1.81. The minimum atomic E-state index is 0.202. The van der Waals surface area contributed by atoms with Gasteiger partial charge in [0.25, 0.3) is 0 Å². The fraction of sp³-hybridized carbons (Fsp3) is 0.143. The van der Waals surface area contributed by atoms with E-state index in [2.05, 4.69) is 19.9 Å². The van der Waals surface area contributed by atoms with E-state index in [1.807, 2.05) is 17.8 Å². The third kappa shape index (κ3) is 1.33. The summed E-state index contributed by atoms with van der Waals surface area (Å²) in [7, 11) is 1.86. The maximum atomic E-state index is 5.42. The molecule has 6 heteroatoms. The Morgan fingerprint density at radius 1 is 1.31 bits per heavy atom.